The van der Waals surface area contributed by atoms with E-state index in [-0.39, 0.29) is 0 Å². The molecule has 2 heteroatoms. The largest absolute Gasteiger partial charge is 0.381 e. The van der Waals surface area contributed by atoms with Crippen LogP contribution < -0.4 is 0 Å². The molecular formula is C7H11ClO. The molecular weight excluding hydrogens is 136 g/mol. The van der Waals surface area contributed by atoms with E-state index < -0.39 is 0 Å². The number of allylic oxidation sites excluding steroid dienone is 3. The third-order valence-corrected chi connectivity index (χ3v) is 1.16. The van der Waals surface area contributed by atoms with Gasteiger partial charge in [-0.15, -0.1) is 0 Å². The van der Waals surface area contributed by atoms with Crippen LogP contribution in [0.5, 0.6) is 0 Å². The van der Waals surface area contributed by atoms with Gasteiger partial charge in [-0.25, -0.2) is 0 Å². The van der Waals surface area contributed by atoms with Crippen molar-refractivity contribution in [3.8, 4) is 0 Å². The molecule has 0 N–H and O–H groups in total. The maximum Gasteiger partial charge on any atom is 0.0647 e. The van der Waals surface area contributed by atoms with Gasteiger partial charge in [-0.1, -0.05) is 23.8 Å². The predicted octanol–water partition coefficient (Wildman–Crippen LogP) is 2.33. The van der Waals surface area contributed by atoms with E-state index in [1.54, 1.807) is 7.11 Å². The Bertz CT molecular complexity index is 116. The molecule has 0 bridgehead atoms. The molecule has 0 atom stereocenters. The summed E-state index contributed by atoms with van der Waals surface area (Å²) in [7, 11) is 1.65. The summed E-state index contributed by atoms with van der Waals surface area (Å²) in [6, 6.07) is 0. The van der Waals surface area contributed by atoms with Gasteiger partial charge in [0.25, 0.3) is 0 Å². The van der Waals surface area contributed by atoms with Gasteiger partial charge in [0.1, 0.15) is 0 Å². The number of rotatable bonds is 3. The Labute approximate surface area is 61.0 Å². The van der Waals surface area contributed by atoms with Crippen LogP contribution in [0.2, 0.25) is 0 Å². The molecule has 0 aliphatic rings. The molecule has 0 saturated carbocycles. The molecule has 0 aromatic carbocycles. The Kier molecular flexibility index (Phi) is 5.68. The van der Waals surface area contributed by atoms with Gasteiger partial charge in [-0.2, -0.15) is 0 Å². The van der Waals surface area contributed by atoms with E-state index in [0.717, 1.165) is 5.03 Å². The van der Waals surface area contributed by atoms with Crippen LogP contribution in [0, 0.1) is 0 Å². The van der Waals surface area contributed by atoms with Crippen molar-refractivity contribution in [1.29, 1.82) is 0 Å². The Balaban J connectivity index is 3.45. The normalized spacial score (nSPS) is 13.0. The number of methoxy groups -OCH3 is 1. The minimum Gasteiger partial charge on any atom is -0.381 e. The van der Waals surface area contributed by atoms with Gasteiger partial charge in [-0.05, 0) is 13.0 Å². The zero-order chi connectivity index (χ0) is 7.11. The number of hydrogen-bond acceptors (Lipinski definition) is 1. The lowest BCUT2D eigenvalue weighted by Crippen LogP contribution is -1.79. The Morgan fingerprint density at radius 1 is 1.67 bits per heavy atom. The molecule has 0 aliphatic carbocycles. The fraction of sp³-hybridized carbons (Fsp3) is 0.429. The highest BCUT2D eigenvalue weighted by Gasteiger charge is 1.77. The Hall–Kier alpha value is -0.270. The minimum absolute atomic E-state index is 0.615. The Morgan fingerprint density at radius 3 is 2.78 bits per heavy atom. The average Bonchev–Trinajstić information content (AvgIpc) is 1.89. The zero-order valence-electron chi connectivity index (χ0n) is 5.73. The lowest BCUT2D eigenvalue weighted by atomic mass is 10.4. The summed E-state index contributed by atoms with van der Waals surface area (Å²) in [6.45, 7) is 2.50. The summed E-state index contributed by atoms with van der Waals surface area (Å²) >= 11 is 5.62. The van der Waals surface area contributed by atoms with Gasteiger partial charge >= 0.3 is 0 Å². The molecule has 0 aromatic heterocycles. The third-order valence-electron chi connectivity index (χ3n) is 0.816. The highest BCUT2D eigenvalue weighted by atomic mass is 35.5. The summed E-state index contributed by atoms with van der Waals surface area (Å²) < 4.78 is 4.76. The van der Waals surface area contributed by atoms with Gasteiger partial charge < -0.3 is 4.74 Å². The van der Waals surface area contributed by atoms with E-state index >= 15 is 0 Å². The molecule has 1 nitrogen and oxygen atoms in total. The Morgan fingerprint density at radius 2 is 2.33 bits per heavy atom. The van der Waals surface area contributed by atoms with Crippen LogP contribution in [0.4, 0.5) is 0 Å². The van der Waals surface area contributed by atoms with Gasteiger partial charge in [0.2, 0.25) is 0 Å². The van der Waals surface area contributed by atoms with Crippen LogP contribution in [-0.2, 0) is 4.74 Å². The maximum atomic E-state index is 5.62. The third kappa shape index (κ3) is 5.60. The fourth-order valence-electron chi connectivity index (χ4n) is 0.353. The second kappa shape index (κ2) is 5.86. The molecule has 0 radical (unpaired) electrons. The topological polar surface area (TPSA) is 9.23 Å². The van der Waals surface area contributed by atoms with Crippen LogP contribution in [0.3, 0.4) is 0 Å². The van der Waals surface area contributed by atoms with Crippen molar-refractivity contribution in [2.75, 3.05) is 13.7 Å². The first-order chi connectivity index (χ1) is 4.31. The molecule has 0 heterocycles. The van der Waals surface area contributed by atoms with E-state index in [1.807, 2.05) is 25.2 Å². The number of halogens is 1. The first-order valence-electron chi connectivity index (χ1n) is 2.78. The fourth-order valence-corrected chi connectivity index (χ4v) is 0.442. The summed E-state index contributed by atoms with van der Waals surface area (Å²) in [5.41, 5.74) is 0. The summed E-state index contributed by atoms with van der Waals surface area (Å²) in [5, 5.41) is 0.743. The highest BCUT2D eigenvalue weighted by Crippen LogP contribution is 2.00. The van der Waals surface area contributed by atoms with Crippen LogP contribution in [-0.4, -0.2) is 13.7 Å². The van der Waals surface area contributed by atoms with Crippen molar-refractivity contribution in [3.63, 3.8) is 0 Å². The molecule has 0 aliphatic heterocycles. The zero-order valence-corrected chi connectivity index (χ0v) is 6.48. The van der Waals surface area contributed by atoms with Crippen molar-refractivity contribution in [2.24, 2.45) is 0 Å². The van der Waals surface area contributed by atoms with Crippen molar-refractivity contribution in [3.05, 3.63) is 23.3 Å². The maximum absolute atomic E-state index is 5.62. The molecule has 0 fully saturated rings. The van der Waals surface area contributed by atoms with Crippen LogP contribution >= 0.6 is 11.6 Å². The molecule has 0 spiro atoms. The SMILES string of the molecule is C/C=C(Cl)\C=C/COC. The van der Waals surface area contributed by atoms with Gasteiger partial charge in [0.15, 0.2) is 0 Å². The van der Waals surface area contributed by atoms with E-state index in [4.69, 9.17) is 16.3 Å². The van der Waals surface area contributed by atoms with Crippen molar-refractivity contribution >= 4 is 11.6 Å². The number of hydrogen-bond donors (Lipinski definition) is 0. The highest BCUT2D eigenvalue weighted by molar-refractivity contribution is 6.31. The lowest BCUT2D eigenvalue weighted by molar-refractivity contribution is 0.234. The average molecular weight is 147 g/mol. The van der Waals surface area contributed by atoms with Crippen LogP contribution in [0.1, 0.15) is 6.92 Å². The molecule has 52 valence electrons. The standard InChI is InChI=1S/C7H11ClO/c1-3-7(8)5-4-6-9-2/h3-5H,6H2,1-2H3/b5-4-,7-3+. The molecule has 0 saturated heterocycles. The lowest BCUT2D eigenvalue weighted by Gasteiger charge is -1.86. The first-order valence-corrected chi connectivity index (χ1v) is 3.16. The van der Waals surface area contributed by atoms with Crippen molar-refractivity contribution in [1.82, 2.24) is 0 Å². The first kappa shape index (κ1) is 8.73. The molecule has 0 rings (SSSR count). The summed E-state index contributed by atoms with van der Waals surface area (Å²) in [4.78, 5) is 0. The van der Waals surface area contributed by atoms with E-state index in [1.165, 1.54) is 0 Å². The quantitative estimate of drug-likeness (QED) is 0.556. The minimum atomic E-state index is 0.615. The van der Waals surface area contributed by atoms with Crippen molar-refractivity contribution in [2.45, 2.75) is 6.92 Å². The van der Waals surface area contributed by atoms with Gasteiger partial charge in [-0.3, -0.25) is 0 Å². The van der Waals surface area contributed by atoms with Crippen molar-refractivity contribution < 1.29 is 4.74 Å². The summed E-state index contributed by atoms with van der Waals surface area (Å²) in [5.74, 6) is 0. The van der Waals surface area contributed by atoms with E-state index in [2.05, 4.69) is 0 Å². The van der Waals surface area contributed by atoms with Gasteiger partial charge in [0.05, 0.1) is 6.61 Å². The second-order valence-electron chi connectivity index (χ2n) is 1.53. The van der Waals surface area contributed by atoms with Crippen LogP contribution in [0.15, 0.2) is 23.3 Å². The van der Waals surface area contributed by atoms with Crippen LogP contribution in [0.25, 0.3) is 0 Å². The van der Waals surface area contributed by atoms with E-state index in [9.17, 15) is 0 Å². The molecule has 0 unspecified atom stereocenters. The van der Waals surface area contributed by atoms with Gasteiger partial charge in [0, 0.05) is 12.1 Å². The smallest absolute Gasteiger partial charge is 0.0647 e. The van der Waals surface area contributed by atoms with E-state index in [0.29, 0.717) is 6.61 Å². The predicted molar refractivity (Wildman–Crippen MR) is 40.6 cm³/mol. The number of ether oxygens (including phenoxy) is 1. The second-order valence-corrected chi connectivity index (χ2v) is 1.97. The molecule has 9 heavy (non-hydrogen) atoms. The molecule has 0 amide bonds. The molecule has 0 aromatic rings. The monoisotopic (exact) mass is 146 g/mol. The summed E-state index contributed by atoms with van der Waals surface area (Å²) in [6.07, 6.45) is 5.50.